The number of carbonyl (C=O) groups excluding carboxylic acids is 1. The molecular formula is C31H33N5O3. The Balaban J connectivity index is 1.43. The molecule has 0 radical (unpaired) electrons. The van der Waals surface area contributed by atoms with Gasteiger partial charge in [0.2, 0.25) is 0 Å². The van der Waals surface area contributed by atoms with E-state index in [0.29, 0.717) is 26.2 Å². The maximum absolute atomic E-state index is 13.1. The lowest BCUT2D eigenvalue weighted by atomic mass is 10.0. The first kappa shape index (κ1) is 27.8. The molecule has 1 N–H and O–H groups in total. The highest BCUT2D eigenvalue weighted by Gasteiger charge is 2.16. The Morgan fingerprint density at radius 1 is 0.590 bits per heavy atom. The number of benzene rings is 1. The molecule has 0 aliphatic carbocycles. The monoisotopic (exact) mass is 523 g/mol. The number of carboxylic acids is 1. The van der Waals surface area contributed by atoms with E-state index in [9.17, 15) is 9.59 Å². The number of Topliss-reactive ketones (excluding diaryl/α,β-unsaturated/α-hetero) is 1. The number of pyridine rings is 3. The highest BCUT2D eigenvalue weighted by molar-refractivity contribution is 5.82. The van der Waals surface area contributed by atoms with Crippen molar-refractivity contribution in [2.75, 3.05) is 19.6 Å². The summed E-state index contributed by atoms with van der Waals surface area (Å²) in [6, 6.07) is 24.8. The summed E-state index contributed by atoms with van der Waals surface area (Å²) in [6.45, 7) is 3.58. The van der Waals surface area contributed by atoms with Gasteiger partial charge >= 0.3 is 5.97 Å². The zero-order chi connectivity index (χ0) is 27.3. The first-order valence-electron chi connectivity index (χ1n) is 13.0. The van der Waals surface area contributed by atoms with Gasteiger partial charge in [-0.25, -0.2) is 0 Å². The highest BCUT2D eigenvalue weighted by atomic mass is 16.4. The summed E-state index contributed by atoms with van der Waals surface area (Å²) in [5.74, 6) is -0.776. The van der Waals surface area contributed by atoms with Crippen LogP contribution in [0.25, 0.3) is 0 Å². The van der Waals surface area contributed by atoms with Crippen molar-refractivity contribution in [3.8, 4) is 0 Å². The quantitative estimate of drug-likeness (QED) is 0.251. The normalized spacial score (nSPS) is 11.1. The van der Waals surface area contributed by atoms with Gasteiger partial charge in [-0.15, -0.1) is 0 Å². The van der Waals surface area contributed by atoms with Gasteiger partial charge in [-0.1, -0.05) is 42.5 Å². The van der Waals surface area contributed by atoms with E-state index in [0.717, 1.165) is 34.8 Å². The van der Waals surface area contributed by atoms with Crippen molar-refractivity contribution in [3.63, 3.8) is 0 Å². The summed E-state index contributed by atoms with van der Waals surface area (Å²) in [5, 5.41) is 8.98. The molecule has 4 rings (SSSR count). The van der Waals surface area contributed by atoms with Crippen molar-refractivity contribution in [2.24, 2.45) is 0 Å². The minimum atomic E-state index is -0.871. The van der Waals surface area contributed by atoms with Gasteiger partial charge in [-0.3, -0.25) is 34.3 Å². The van der Waals surface area contributed by atoms with E-state index in [4.69, 9.17) is 5.11 Å². The van der Waals surface area contributed by atoms with Crippen LogP contribution in [0.3, 0.4) is 0 Å². The molecule has 0 fully saturated rings. The van der Waals surface area contributed by atoms with E-state index in [1.807, 2.05) is 66.7 Å². The molecule has 39 heavy (non-hydrogen) atoms. The summed E-state index contributed by atoms with van der Waals surface area (Å²) in [4.78, 5) is 42.0. The summed E-state index contributed by atoms with van der Waals surface area (Å²) in [6.07, 6.45) is 5.63. The second kappa shape index (κ2) is 14.6. The summed E-state index contributed by atoms with van der Waals surface area (Å²) >= 11 is 0. The molecule has 8 nitrogen and oxygen atoms in total. The first-order valence-corrected chi connectivity index (χ1v) is 13.0. The Bertz CT molecular complexity index is 1260. The van der Waals surface area contributed by atoms with Crippen molar-refractivity contribution in [1.82, 2.24) is 24.8 Å². The average Bonchev–Trinajstić information content (AvgIpc) is 2.94. The largest absolute Gasteiger partial charge is 0.481 e. The van der Waals surface area contributed by atoms with Crippen molar-refractivity contribution in [3.05, 3.63) is 126 Å². The van der Waals surface area contributed by atoms with Crippen LogP contribution in [0.4, 0.5) is 0 Å². The van der Waals surface area contributed by atoms with Crippen molar-refractivity contribution in [1.29, 1.82) is 0 Å². The minimum absolute atomic E-state index is 0.0282. The summed E-state index contributed by atoms with van der Waals surface area (Å²) in [5.41, 5.74) is 4.46. The molecule has 0 bridgehead atoms. The Kier molecular flexibility index (Phi) is 10.4. The number of hydrogen-bond acceptors (Lipinski definition) is 7. The fourth-order valence-electron chi connectivity index (χ4n) is 4.36. The lowest BCUT2D eigenvalue weighted by Crippen LogP contribution is -2.38. The predicted octanol–water partition coefficient (Wildman–Crippen LogP) is 3.81. The number of rotatable bonds is 15. The van der Waals surface area contributed by atoms with Gasteiger partial charge in [0.25, 0.3) is 0 Å². The second-order valence-electron chi connectivity index (χ2n) is 9.49. The molecule has 0 spiro atoms. The smallest absolute Gasteiger partial charge is 0.307 e. The Morgan fingerprint density at radius 2 is 1.03 bits per heavy atom. The number of nitrogens with zero attached hydrogens (tertiary/aromatic N) is 5. The maximum Gasteiger partial charge on any atom is 0.307 e. The SMILES string of the molecule is O=C(O)Cc1ccc(CC(=O)CN(CCN(Cc2ccccn2)Cc2ccccn2)Cc2ccccn2)cc1. The van der Waals surface area contributed by atoms with Gasteiger partial charge in [-0.2, -0.15) is 0 Å². The lowest BCUT2D eigenvalue weighted by molar-refractivity contribution is -0.136. The number of carboxylic acid groups (broad SMARTS) is 1. The molecule has 3 aromatic heterocycles. The van der Waals surface area contributed by atoms with E-state index in [2.05, 4.69) is 24.8 Å². The molecule has 0 saturated heterocycles. The van der Waals surface area contributed by atoms with Crippen LogP contribution < -0.4 is 0 Å². The van der Waals surface area contributed by atoms with Crippen LogP contribution in [-0.2, 0) is 42.1 Å². The zero-order valence-corrected chi connectivity index (χ0v) is 21.9. The molecule has 8 heteroatoms. The molecule has 0 unspecified atom stereocenters. The van der Waals surface area contributed by atoms with Crippen molar-refractivity contribution >= 4 is 11.8 Å². The zero-order valence-electron chi connectivity index (χ0n) is 21.9. The highest BCUT2D eigenvalue weighted by Crippen LogP contribution is 2.11. The van der Waals surface area contributed by atoms with Gasteiger partial charge < -0.3 is 5.11 Å². The Morgan fingerprint density at radius 3 is 1.46 bits per heavy atom. The molecular weight excluding hydrogens is 490 g/mol. The summed E-state index contributed by atoms with van der Waals surface area (Å²) in [7, 11) is 0. The van der Waals surface area contributed by atoms with Gasteiger partial charge in [-0.05, 0) is 47.5 Å². The number of aliphatic carboxylic acids is 1. The van der Waals surface area contributed by atoms with Gasteiger partial charge in [0, 0.05) is 57.7 Å². The number of carbonyl (C=O) groups is 2. The molecule has 0 atom stereocenters. The summed E-state index contributed by atoms with van der Waals surface area (Å²) < 4.78 is 0. The van der Waals surface area contributed by atoms with Crippen molar-refractivity contribution in [2.45, 2.75) is 32.5 Å². The molecule has 4 aromatic rings. The van der Waals surface area contributed by atoms with Crippen molar-refractivity contribution < 1.29 is 14.7 Å². The molecule has 3 heterocycles. The molecule has 0 amide bonds. The second-order valence-corrected chi connectivity index (χ2v) is 9.49. The maximum atomic E-state index is 13.1. The number of ketones is 1. The van der Waals surface area contributed by atoms with Crippen LogP contribution in [0.1, 0.15) is 28.2 Å². The Hall–Kier alpha value is -4.27. The topological polar surface area (TPSA) is 99.5 Å². The lowest BCUT2D eigenvalue weighted by Gasteiger charge is -2.27. The van der Waals surface area contributed by atoms with Gasteiger partial charge in [0.1, 0.15) is 0 Å². The van der Waals surface area contributed by atoms with Crippen LogP contribution in [0.2, 0.25) is 0 Å². The Labute approximate surface area is 229 Å². The molecule has 1 aromatic carbocycles. The standard InChI is InChI=1S/C31H33N5O3/c37-30(19-25-10-12-26(13-11-25)20-31(38)39)24-36(23-29-9-3-6-16-34-29)18-17-35(21-27-7-1-4-14-32-27)22-28-8-2-5-15-33-28/h1-16H,17-24H2,(H,38,39). The van der Waals surface area contributed by atoms with E-state index < -0.39 is 5.97 Å². The van der Waals surface area contributed by atoms with Gasteiger partial charge in [0.15, 0.2) is 5.78 Å². The molecule has 200 valence electrons. The molecule has 0 aliphatic heterocycles. The third-order valence-corrected chi connectivity index (χ3v) is 6.25. The third-order valence-electron chi connectivity index (χ3n) is 6.25. The predicted molar refractivity (Wildman–Crippen MR) is 149 cm³/mol. The first-order chi connectivity index (χ1) is 19.0. The van der Waals surface area contributed by atoms with Gasteiger partial charge in [0.05, 0.1) is 30.0 Å². The van der Waals surface area contributed by atoms with Crippen LogP contribution >= 0.6 is 0 Å². The van der Waals surface area contributed by atoms with E-state index in [1.54, 1.807) is 30.7 Å². The van der Waals surface area contributed by atoms with Crippen LogP contribution in [0, 0.1) is 0 Å². The molecule has 0 aliphatic rings. The van der Waals surface area contributed by atoms with E-state index in [1.165, 1.54) is 0 Å². The van der Waals surface area contributed by atoms with E-state index in [-0.39, 0.29) is 25.2 Å². The fourth-order valence-corrected chi connectivity index (χ4v) is 4.36. The minimum Gasteiger partial charge on any atom is -0.481 e. The van der Waals surface area contributed by atoms with Crippen LogP contribution in [0.5, 0.6) is 0 Å². The number of hydrogen-bond donors (Lipinski definition) is 1. The van der Waals surface area contributed by atoms with E-state index >= 15 is 0 Å². The van der Waals surface area contributed by atoms with Crippen LogP contribution in [0.15, 0.2) is 97.5 Å². The number of aromatic nitrogens is 3. The third kappa shape index (κ3) is 9.85. The average molecular weight is 524 g/mol. The van der Waals surface area contributed by atoms with Crippen LogP contribution in [-0.4, -0.2) is 61.2 Å². The molecule has 0 saturated carbocycles. The fraction of sp³-hybridized carbons (Fsp3) is 0.258.